The van der Waals surface area contributed by atoms with Gasteiger partial charge in [0.25, 0.3) is 0 Å². The van der Waals surface area contributed by atoms with E-state index in [0.717, 1.165) is 0 Å². The molecule has 0 aliphatic rings. The van der Waals surface area contributed by atoms with Crippen molar-refractivity contribution in [3.63, 3.8) is 0 Å². The van der Waals surface area contributed by atoms with Gasteiger partial charge in [-0.25, -0.2) is 0 Å². The molecular formula is C25H17N. The van der Waals surface area contributed by atoms with Crippen molar-refractivity contribution in [1.29, 1.82) is 0 Å². The van der Waals surface area contributed by atoms with Crippen molar-refractivity contribution in [3.8, 4) is 0 Å². The van der Waals surface area contributed by atoms with Gasteiger partial charge in [0.1, 0.15) is 0 Å². The van der Waals surface area contributed by atoms with E-state index < -0.39 is 0 Å². The van der Waals surface area contributed by atoms with Crippen LogP contribution < -0.4 is 0 Å². The molecule has 6 rings (SSSR count). The van der Waals surface area contributed by atoms with Crippen LogP contribution in [-0.2, 0) is 0 Å². The van der Waals surface area contributed by atoms with Crippen molar-refractivity contribution in [1.82, 2.24) is 4.98 Å². The van der Waals surface area contributed by atoms with Gasteiger partial charge in [-0.3, -0.25) is 4.98 Å². The van der Waals surface area contributed by atoms with Crippen LogP contribution in [0.2, 0.25) is 0 Å². The van der Waals surface area contributed by atoms with Gasteiger partial charge >= 0.3 is 0 Å². The molecule has 26 heavy (non-hydrogen) atoms. The second kappa shape index (κ2) is 6.12. The summed E-state index contributed by atoms with van der Waals surface area (Å²) in [4.78, 5) is 3.78. The molecule has 1 aromatic heterocycles. The standard InChI is InChI=1S/C20H12.C5H5N/c1-5-13-6-2-11-17-18-12-4-8-14-7-3-10-16(20(14)18)15(9-1)19(13)17;1-2-4-6-5-3-1/h1-12H;1-5H. The molecule has 0 aliphatic heterocycles. The highest BCUT2D eigenvalue weighted by molar-refractivity contribution is 6.32. The lowest BCUT2D eigenvalue weighted by atomic mass is 9.90. The molecule has 1 heterocycles. The molecule has 0 bridgehead atoms. The smallest absolute Gasteiger partial charge is 0.0267 e. The lowest BCUT2D eigenvalue weighted by molar-refractivity contribution is 1.33. The number of benzene rings is 5. The lowest BCUT2D eigenvalue weighted by Gasteiger charge is -2.13. The number of fused-ring (bicyclic) bond motifs is 2. The maximum Gasteiger partial charge on any atom is 0.0267 e. The Bertz CT molecular complexity index is 1120. The highest BCUT2D eigenvalue weighted by Crippen LogP contribution is 2.39. The fourth-order valence-electron chi connectivity index (χ4n) is 3.89. The summed E-state index contributed by atoms with van der Waals surface area (Å²) in [5.74, 6) is 0. The maximum atomic E-state index is 3.78. The van der Waals surface area contributed by atoms with Crippen LogP contribution in [0.4, 0.5) is 0 Å². The Kier molecular flexibility index (Phi) is 3.50. The number of rotatable bonds is 0. The summed E-state index contributed by atoms with van der Waals surface area (Å²) in [6, 6.07) is 32.2. The van der Waals surface area contributed by atoms with Crippen molar-refractivity contribution in [2.75, 3.05) is 0 Å². The fourth-order valence-corrected chi connectivity index (χ4v) is 3.89. The first kappa shape index (κ1) is 14.9. The molecule has 1 nitrogen and oxygen atoms in total. The van der Waals surface area contributed by atoms with Gasteiger partial charge in [0, 0.05) is 12.4 Å². The predicted octanol–water partition coefficient (Wildman–Crippen LogP) is 6.82. The van der Waals surface area contributed by atoms with Crippen LogP contribution in [-0.4, -0.2) is 4.98 Å². The summed E-state index contributed by atoms with van der Waals surface area (Å²) in [5.41, 5.74) is 0. The molecule has 0 amide bonds. The minimum atomic E-state index is 1.33. The highest BCUT2D eigenvalue weighted by Gasteiger charge is 2.11. The lowest BCUT2D eigenvalue weighted by Crippen LogP contribution is -1.85. The zero-order valence-corrected chi connectivity index (χ0v) is 14.3. The van der Waals surface area contributed by atoms with Crippen LogP contribution in [0.3, 0.4) is 0 Å². The molecule has 5 aromatic carbocycles. The average Bonchev–Trinajstić information content (AvgIpc) is 2.73. The molecule has 0 radical (unpaired) electrons. The molecule has 6 aromatic rings. The van der Waals surface area contributed by atoms with Crippen LogP contribution >= 0.6 is 0 Å². The molecular weight excluding hydrogens is 314 g/mol. The average molecular weight is 331 g/mol. The van der Waals surface area contributed by atoms with E-state index in [4.69, 9.17) is 0 Å². The van der Waals surface area contributed by atoms with E-state index in [9.17, 15) is 0 Å². The van der Waals surface area contributed by atoms with Gasteiger partial charge in [-0.05, 0) is 55.2 Å². The van der Waals surface area contributed by atoms with Crippen LogP contribution in [0.15, 0.2) is 103 Å². The van der Waals surface area contributed by atoms with Crippen molar-refractivity contribution in [3.05, 3.63) is 103 Å². The van der Waals surface area contributed by atoms with Gasteiger partial charge in [0.15, 0.2) is 0 Å². The van der Waals surface area contributed by atoms with Gasteiger partial charge in [-0.1, -0.05) is 78.9 Å². The van der Waals surface area contributed by atoms with E-state index in [-0.39, 0.29) is 0 Å². The zero-order chi connectivity index (χ0) is 17.3. The van der Waals surface area contributed by atoms with Gasteiger partial charge in [-0.15, -0.1) is 0 Å². The summed E-state index contributed by atoms with van der Waals surface area (Å²) in [7, 11) is 0. The zero-order valence-electron chi connectivity index (χ0n) is 14.3. The van der Waals surface area contributed by atoms with E-state index in [0.29, 0.717) is 0 Å². The first-order chi connectivity index (χ1) is 12.9. The monoisotopic (exact) mass is 331 g/mol. The highest BCUT2D eigenvalue weighted by atomic mass is 14.6. The van der Waals surface area contributed by atoms with Crippen LogP contribution in [0, 0.1) is 0 Å². The number of aromatic nitrogens is 1. The second-order valence-corrected chi connectivity index (χ2v) is 6.44. The number of nitrogens with zero attached hydrogens (tertiary/aromatic N) is 1. The fraction of sp³-hybridized carbons (Fsp3) is 0. The largest absolute Gasteiger partial charge is 0.265 e. The molecule has 0 fully saturated rings. The van der Waals surface area contributed by atoms with E-state index in [2.05, 4.69) is 77.8 Å². The quantitative estimate of drug-likeness (QED) is 0.220. The van der Waals surface area contributed by atoms with Gasteiger partial charge in [0.05, 0.1) is 0 Å². The van der Waals surface area contributed by atoms with Gasteiger partial charge in [0.2, 0.25) is 0 Å². The van der Waals surface area contributed by atoms with E-state index >= 15 is 0 Å². The van der Waals surface area contributed by atoms with Crippen LogP contribution in [0.25, 0.3) is 43.1 Å². The first-order valence-corrected chi connectivity index (χ1v) is 8.83. The van der Waals surface area contributed by atoms with E-state index in [1.165, 1.54) is 43.1 Å². The van der Waals surface area contributed by atoms with Crippen molar-refractivity contribution in [2.45, 2.75) is 0 Å². The third-order valence-corrected chi connectivity index (χ3v) is 4.96. The third-order valence-electron chi connectivity index (χ3n) is 4.96. The Hall–Kier alpha value is -3.45. The summed E-state index contributed by atoms with van der Waals surface area (Å²) < 4.78 is 0. The molecule has 0 aliphatic carbocycles. The second-order valence-electron chi connectivity index (χ2n) is 6.44. The Morgan fingerprint density at radius 3 is 1.04 bits per heavy atom. The molecule has 0 spiro atoms. The number of hydrogen-bond donors (Lipinski definition) is 0. The molecule has 0 unspecified atom stereocenters. The summed E-state index contributed by atoms with van der Waals surface area (Å²) >= 11 is 0. The first-order valence-electron chi connectivity index (χ1n) is 8.83. The van der Waals surface area contributed by atoms with Crippen LogP contribution in [0.1, 0.15) is 0 Å². The van der Waals surface area contributed by atoms with Crippen molar-refractivity contribution in [2.24, 2.45) is 0 Å². The van der Waals surface area contributed by atoms with Gasteiger partial charge in [-0.2, -0.15) is 0 Å². The SMILES string of the molecule is c1cc2cccc3c4cccc5cccc(c(c1)c23)c54.c1ccncc1. The Morgan fingerprint density at radius 2 is 0.769 bits per heavy atom. The number of hydrogen-bond acceptors (Lipinski definition) is 1. The molecule has 0 saturated carbocycles. The minimum absolute atomic E-state index is 1.33. The maximum absolute atomic E-state index is 3.78. The molecule has 1 heteroatoms. The predicted molar refractivity (Wildman–Crippen MR) is 112 cm³/mol. The Labute approximate surface area is 151 Å². The normalized spacial score (nSPS) is 11.1. The summed E-state index contributed by atoms with van der Waals surface area (Å²) in [6.07, 6.45) is 3.50. The Morgan fingerprint density at radius 1 is 0.385 bits per heavy atom. The number of pyridine rings is 1. The van der Waals surface area contributed by atoms with E-state index in [1.54, 1.807) is 12.4 Å². The summed E-state index contributed by atoms with van der Waals surface area (Å²) in [6.45, 7) is 0. The van der Waals surface area contributed by atoms with Gasteiger partial charge < -0.3 is 0 Å². The Balaban J connectivity index is 0.000000215. The van der Waals surface area contributed by atoms with Crippen molar-refractivity contribution >= 4 is 43.1 Å². The van der Waals surface area contributed by atoms with E-state index in [1.807, 2.05) is 18.2 Å². The molecule has 122 valence electrons. The summed E-state index contributed by atoms with van der Waals surface area (Å²) in [5, 5.41) is 10.9. The topological polar surface area (TPSA) is 12.9 Å². The van der Waals surface area contributed by atoms with Crippen LogP contribution in [0.5, 0.6) is 0 Å². The minimum Gasteiger partial charge on any atom is -0.265 e. The molecule has 0 atom stereocenters. The molecule has 0 saturated heterocycles. The molecule has 0 N–H and O–H groups in total. The third kappa shape index (κ3) is 2.29. The van der Waals surface area contributed by atoms with Crippen molar-refractivity contribution < 1.29 is 0 Å².